The largest absolute Gasteiger partial charge is 0.479 e. The standard InChI is InChI=1S/C13H15NO6S/c15-11(13(17)18)6-8-14-12(16)7-9-21(19,20)10-4-2-1-3-5-10/h1-5,7,9,11,15H,6,8H2,(H,14,16)(H,17,18)/b9-7+. The van der Waals surface area contributed by atoms with Crippen LogP contribution in [0.25, 0.3) is 0 Å². The second kappa shape index (κ2) is 7.55. The molecule has 0 saturated carbocycles. The van der Waals surface area contributed by atoms with E-state index in [1.807, 2.05) is 0 Å². The third kappa shape index (κ3) is 5.76. The molecular weight excluding hydrogens is 298 g/mol. The van der Waals surface area contributed by atoms with Crippen molar-refractivity contribution >= 4 is 21.7 Å². The molecule has 0 aliphatic heterocycles. The Labute approximate surface area is 121 Å². The molecule has 0 bridgehead atoms. The van der Waals surface area contributed by atoms with Crippen molar-refractivity contribution in [3.05, 3.63) is 41.8 Å². The molecule has 0 aromatic heterocycles. The first-order chi connectivity index (χ1) is 9.83. The summed E-state index contributed by atoms with van der Waals surface area (Å²) >= 11 is 0. The molecule has 0 fully saturated rings. The fraction of sp³-hybridized carbons (Fsp3) is 0.231. The molecule has 0 spiro atoms. The monoisotopic (exact) mass is 313 g/mol. The minimum absolute atomic E-state index is 0.0651. The summed E-state index contributed by atoms with van der Waals surface area (Å²) in [6.45, 7) is -0.0813. The molecule has 1 amide bonds. The Kier molecular flexibility index (Phi) is 6.07. The number of aliphatic hydroxyl groups is 1. The summed E-state index contributed by atoms with van der Waals surface area (Å²) in [7, 11) is -3.70. The van der Waals surface area contributed by atoms with E-state index in [4.69, 9.17) is 10.2 Å². The molecule has 114 valence electrons. The summed E-state index contributed by atoms with van der Waals surface area (Å²) in [5, 5.41) is 20.5. The van der Waals surface area contributed by atoms with Crippen molar-refractivity contribution in [3.8, 4) is 0 Å². The number of carboxylic acids is 1. The van der Waals surface area contributed by atoms with Crippen LogP contribution in [0.4, 0.5) is 0 Å². The van der Waals surface area contributed by atoms with Crippen molar-refractivity contribution in [1.82, 2.24) is 5.32 Å². The van der Waals surface area contributed by atoms with E-state index in [0.29, 0.717) is 0 Å². The third-order valence-electron chi connectivity index (χ3n) is 2.47. The second-order valence-corrected chi connectivity index (χ2v) is 5.93. The maximum atomic E-state index is 11.8. The number of amides is 1. The molecule has 1 rings (SSSR count). The van der Waals surface area contributed by atoms with Gasteiger partial charge in [-0.15, -0.1) is 0 Å². The number of aliphatic hydroxyl groups excluding tert-OH is 1. The van der Waals surface area contributed by atoms with Gasteiger partial charge in [-0.2, -0.15) is 0 Å². The van der Waals surface area contributed by atoms with Crippen molar-refractivity contribution < 1.29 is 28.2 Å². The molecule has 0 aliphatic carbocycles. The smallest absolute Gasteiger partial charge is 0.332 e. The summed E-state index contributed by atoms with van der Waals surface area (Å²) < 4.78 is 23.6. The third-order valence-corrected chi connectivity index (χ3v) is 3.90. The first kappa shape index (κ1) is 16.9. The van der Waals surface area contributed by atoms with Crippen LogP contribution in [0.5, 0.6) is 0 Å². The van der Waals surface area contributed by atoms with Crippen LogP contribution < -0.4 is 5.32 Å². The number of carbonyl (C=O) groups is 2. The van der Waals surface area contributed by atoms with Gasteiger partial charge in [-0.05, 0) is 12.1 Å². The lowest BCUT2D eigenvalue weighted by atomic mass is 10.2. The van der Waals surface area contributed by atoms with Crippen LogP contribution in [0.2, 0.25) is 0 Å². The van der Waals surface area contributed by atoms with E-state index >= 15 is 0 Å². The van der Waals surface area contributed by atoms with Crippen LogP contribution in [-0.2, 0) is 19.4 Å². The number of rotatable bonds is 7. The van der Waals surface area contributed by atoms with Gasteiger partial charge in [0, 0.05) is 24.4 Å². The second-order valence-electron chi connectivity index (χ2n) is 4.09. The van der Waals surface area contributed by atoms with Crippen molar-refractivity contribution in [2.24, 2.45) is 0 Å². The van der Waals surface area contributed by atoms with Crippen molar-refractivity contribution in [1.29, 1.82) is 0 Å². The zero-order chi connectivity index (χ0) is 15.9. The van der Waals surface area contributed by atoms with Gasteiger partial charge in [0.1, 0.15) is 0 Å². The molecule has 1 atom stereocenters. The molecule has 0 saturated heterocycles. The van der Waals surface area contributed by atoms with E-state index in [9.17, 15) is 18.0 Å². The molecule has 0 radical (unpaired) electrons. The number of carbonyl (C=O) groups excluding carboxylic acids is 1. The average Bonchev–Trinajstić information content (AvgIpc) is 2.46. The lowest BCUT2D eigenvalue weighted by molar-refractivity contribution is -0.147. The quantitative estimate of drug-likeness (QED) is 0.606. The van der Waals surface area contributed by atoms with Crippen LogP contribution in [0.15, 0.2) is 46.7 Å². The lowest BCUT2D eigenvalue weighted by Crippen LogP contribution is -2.29. The van der Waals surface area contributed by atoms with Crippen LogP contribution in [0.1, 0.15) is 6.42 Å². The van der Waals surface area contributed by atoms with Gasteiger partial charge in [-0.1, -0.05) is 18.2 Å². The number of sulfone groups is 1. The number of benzene rings is 1. The predicted octanol–water partition coefficient (Wildman–Crippen LogP) is -0.0742. The molecule has 1 unspecified atom stereocenters. The molecule has 0 heterocycles. The normalized spacial score (nSPS) is 13.0. The van der Waals surface area contributed by atoms with E-state index in [-0.39, 0.29) is 17.9 Å². The number of aliphatic carboxylic acids is 1. The SMILES string of the molecule is O=C(/C=C/S(=O)(=O)c1ccccc1)NCCC(O)C(=O)O. The zero-order valence-corrected chi connectivity index (χ0v) is 11.8. The Morgan fingerprint density at radius 3 is 2.43 bits per heavy atom. The Morgan fingerprint density at radius 2 is 1.86 bits per heavy atom. The minimum atomic E-state index is -3.70. The van der Waals surface area contributed by atoms with E-state index in [1.54, 1.807) is 18.2 Å². The molecule has 0 aliphatic rings. The average molecular weight is 313 g/mol. The van der Waals surface area contributed by atoms with E-state index in [0.717, 1.165) is 11.5 Å². The van der Waals surface area contributed by atoms with Gasteiger partial charge in [-0.3, -0.25) is 4.79 Å². The van der Waals surface area contributed by atoms with Crippen molar-refractivity contribution in [2.75, 3.05) is 6.54 Å². The summed E-state index contributed by atoms with van der Waals surface area (Å²) in [5.41, 5.74) is 0. The fourth-order valence-electron chi connectivity index (χ4n) is 1.35. The maximum Gasteiger partial charge on any atom is 0.332 e. The maximum absolute atomic E-state index is 11.8. The number of nitrogens with one attached hydrogen (secondary N) is 1. The topological polar surface area (TPSA) is 121 Å². The van der Waals surface area contributed by atoms with Gasteiger partial charge >= 0.3 is 5.97 Å². The van der Waals surface area contributed by atoms with E-state index in [1.165, 1.54) is 12.1 Å². The van der Waals surface area contributed by atoms with Gasteiger partial charge < -0.3 is 15.5 Å². The molecule has 21 heavy (non-hydrogen) atoms. The van der Waals surface area contributed by atoms with Gasteiger partial charge in [0.25, 0.3) is 0 Å². The number of hydrogen-bond acceptors (Lipinski definition) is 5. The highest BCUT2D eigenvalue weighted by Gasteiger charge is 2.13. The van der Waals surface area contributed by atoms with Crippen molar-refractivity contribution in [3.63, 3.8) is 0 Å². The van der Waals surface area contributed by atoms with Gasteiger partial charge in [0.05, 0.1) is 4.90 Å². The fourth-order valence-corrected chi connectivity index (χ4v) is 2.35. The van der Waals surface area contributed by atoms with Crippen LogP contribution in [0, 0.1) is 0 Å². The Bertz CT molecular complexity index is 623. The first-order valence-electron chi connectivity index (χ1n) is 6.00. The first-order valence-corrected chi connectivity index (χ1v) is 7.54. The minimum Gasteiger partial charge on any atom is -0.479 e. The number of carboxylic acid groups (broad SMARTS) is 1. The highest BCUT2D eigenvalue weighted by molar-refractivity contribution is 7.94. The molecule has 3 N–H and O–H groups in total. The van der Waals surface area contributed by atoms with Gasteiger partial charge in [-0.25, -0.2) is 13.2 Å². The summed E-state index contributed by atoms with van der Waals surface area (Å²) in [4.78, 5) is 21.8. The summed E-state index contributed by atoms with van der Waals surface area (Å²) in [6.07, 6.45) is -0.891. The number of hydrogen-bond donors (Lipinski definition) is 3. The highest BCUT2D eigenvalue weighted by atomic mass is 32.2. The Balaban J connectivity index is 2.53. The van der Waals surface area contributed by atoms with Crippen molar-refractivity contribution in [2.45, 2.75) is 17.4 Å². The van der Waals surface area contributed by atoms with Gasteiger partial charge in [0.15, 0.2) is 15.9 Å². The van der Waals surface area contributed by atoms with Crippen LogP contribution >= 0.6 is 0 Å². The lowest BCUT2D eigenvalue weighted by Gasteiger charge is -2.05. The Morgan fingerprint density at radius 1 is 1.24 bits per heavy atom. The zero-order valence-electron chi connectivity index (χ0n) is 11.0. The van der Waals surface area contributed by atoms with Crippen LogP contribution in [-0.4, -0.2) is 43.2 Å². The van der Waals surface area contributed by atoms with Crippen LogP contribution in [0.3, 0.4) is 0 Å². The van der Waals surface area contributed by atoms with Gasteiger partial charge in [0.2, 0.25) is 5.91 Å². The summed E-state index contributed by atoms with van der Waals surface area (Å²) in [6, 6.07) is 7.60. The molecular formula is C13H15NO6S. The van der Waals surface area contributed by atoms with E-state index in [2.05, 4.69) is 5.32 Å². The molecule has 7 nitrogen and oxygen atoms in total. The molecule has 1 aromatic carbocycles. The molecule has 8 heteroatoms. The summed E-state index contributed by atoms with van der Waals surface area (Å²) in [5.74, 6) is -2.07. The highest BCUT2D eigenvalue weighted by Crippen LogP contribution is 2.10. The predicted molar refractivity (Wildman–Crippen MR) is 74.0 cm³/mol. The molecule has 1 aromatic rings. The Hall–Kier alpha value is -2.19. The van der Waals surface area contributed by atoms with E-state index < -0.39 is 27.8 Å².